The van der Waals surface area contributed by atoms with Crippen molar-refractivity contribution in [3.05, 3.63) is 45.8 Å². The van der Waals surface area contributed by atoms with Crippen molar-refractivity contribution in [2.45, 2.75) is 55.5 Å². The lowest BCUT2D eigenvalue weighted by molar-refractivity contribution is -0.164. The van der Waals surface area contributed by atoms with Gasteiger partial charge in [0.2, 0.25) is 0 Å². The molecule has 0 radical (unpaired) electrons. The van der Waals surface area contributed by atoms with Crippen LogP contribution in [0.2, 0.25) is 0 Å². The number of hydrogen-bond donors (Lipinski definition) is 5. The summed E-state index contributed by atoms with van der Waals surface area (Å²) in [7, 11) is 1.31. The van der Waals surface area contributed by atoms with Gasteiger partial charge in [-0.05, 0) is 0 Å². The third-order valence-corrected chi connectivity index (χ3v) is 6.50. The van der Waals surface area contributed by atoms with Crippen molar-refractivity contribution < 1.29 is 39.1 Å². The van der Waals surface area contributed by atoms with E-state index in [1.807, 2.05) is 0 Å². The predicted octanol–water partition coefficient (Wildman–Crippen LogP) is -3.22. The summed E-state index contributed by atoms with van der Waals surface area (Å²) in [6.45, 7) is -0.508. The molecule has 2 aliphatic heterocycles. The Morgan fingerprint density at radius 1 is 1.11 bits per heavy atom. The van der Waals surface area contributed by atoms with Crippen LogP contribution in [-0.2, 0) is 23.7 Å². The smallest absolute Gasteiger partial charge is 0.330 e. The van der Waals surface area contributed by atoms with Gasteiger partial charge < -0.3 is 40.0 Å². The molecule has 0 bridgehead atoms. The molecule has 2 fully saturated rings. The highest BCUT2D eigenvalue weighted by atomic mass is 16.6. The van der Waals surface area contributed by atoms with Gasteiger partial charge in [-0.1, -0.05) is 0 Å². The number of carbonyl (C=O) groups is 1. The maximum atomic E-state index is 13.0. The molecule has 6 N–H and O–H groups in total. The SMILES string of the molecule is CO[C@H]1[C@@H](OC(=O)C[C@H]2O[C@@H](n3cnc4c(N)ncnc43)[C@H](O)[C@@H]2O)[C@H](n2ccc(=O)[nH]c2=O)O[C@@H]1CO. The standard InChI is InChI=1S/C21H25N7O10/c1-35-15-9(5-29)37-20(27-3-2-10(30)26-21(27)34)16(15)38-11(31)4-8-13(32)14(33)19(36-8)28-7-25-12-17(22)23-6-24-18(12)28/h2-3,6-9,13-16,19-20,29,32-33H,4-5H2,1H3,(H2,22,23,24)(H,26,30,34)/t8-,9-,13-,14-,15-,16-,19-,20-/m1/s1. The fourth-order valence-electron chi connectivity index (χ4n) is 4.67. The molecular formula is C21H25N7O10. The number of hydrogen-bond acceptors (Lipinski definition) is 14. The van der Waals surface area contributed by atoms with Gasteiger partial charge in [0.05, 0.1) is 25.5 Å². The lowest BCUT2D eigenvalue weighted by atomic mass is 10.1. The minimum atomic E-state index is -1.48. The Morgan fingerprint density at radius 2 is 1.87 bits per heavy atom. The van der Waals surface area contributed by atoms with Crippen LogP contribution in [-0.4, -0.2) is 101 Å². The van der Waals surface area contributed by atoms with Crippen LogP contribution in [0.5, 0.6) is 0 Å². The van der Waals surface area contributed by atoms with Gasteiger partial charge in [-0.15, -0.1) is 0 Å². The predicted molar refractivity (Wildman–Crippen MR) is 123 cm³/mol. The third-order valence-electron chi connectivity index (χ3n) is 6.50. The summed E-state index contributed by atoms with van der Waals surface area (Å²) in [4.78, 5) is 50.9. The van der Waals surface area contributed by atoms with E-state index in [2.05, 4.69) is 19.9 Å². The first kappa shape index (κ1) is 25.9. The highest BCUT2D eigenvalue weighted by molar-refractivity contribution is 5.81. The van der Waals surface area contributed by atoms with Crippen LogP contribution >= 0.6 is 0 Å². The molecule has 3 aromatic rings. The van der Waals surface area contributed by atoms with Crippen LogP contribution in [0.25, 0.3) is 11.2 Å². The number of aliphatic hydroxyl groups is 3. The lowest BCUT2D eigenvalue weighted by Gasteiger charge is -2.24. The van der Waals surface area contributed by atoms with E-state index in [0.717, 1.165) is 16.8 Å². The molecule has 17 nitrogen and oxygen atoms in total. The van der Waals surface area contributed by atoms with E-state index in [9.17, 15) is 29.7 Å². The normalized spacial score (nSPS) is 31.2. The molecule has 0 saturated carbocycles. The molecular weight excluding hydrogens is 510 g/mol. The highest BCUT2D eigenvalue weighted by Crippen LogP contribution is 2.35. The number of imidazole rings is 1. The molecule has 0 unspecified atom stereocenters. The van der Waals surface area contributed by atoms with Gasteiger partial charge in [0.25, 0.3) is 5.56 Å². The van der Waals surface area contributed by atoms with Gasteiger partial charge in [-0.2, -0.15) is 0 Å². The Balaban J connectivity index is 1.34. The zero-order valence-electron chi connectivity index (χ0n) is 19.9. The van der Waals surface area contributed by atoms with Crippen LogP contribution in [0.15, 0.2) is 34.5 Å². The summed E-state index contributed by atoms with van der Waals surface area (Å²) in [5.41, 5.74) is 4.86. The number of fused-ring (bicyclic) bond motifs is 1. The first-order valence-corrected chi connectivity index (χ1v) is 11.5. The fourth-order valence-corrected chi connectivity index (χ4v) is 4.67. The molecule has 38 heavy (non-hydrogen) atoms. The molecule has 0 aromatic carbocycles. The molecule has 2 aliphatic rings. The Labute approximate surface area is 212 Å². The van der Waals surface area contributed by atoms with Crippen molar-refractivity contribution >= 4 is 23.0 Å². The number of ether oxygens (including phenoxy) is 4. The maximum Gasteiger partial charge on any atom is 0.330 e. The largest absolute Gasteiger partial charge is 0.455 e. The number of nitrogens with two attached hydrogens (primary N) is 1. The minimum Gasteiger partial charge on any atom is -0.455 e. The number of methoxy groups -OCH3 is 1. The lowest BCUT2D eigenvalue weighted by Crippen LogP contribution is -2.42. The third kappa shape index (κ3) is 4.44. The van der Waals surface area contributed by atoms with Gasteiger partial charge in [-0.3, -0.25) is 23.7 Å². The number of nitrogens with zero attached hydrogens (tertiary/aromatic N) is 5. The summed E-state index contributed by atoms with van der Waals surface area (Å²) in [5.74, 6) is -0.758. The quantitative estimate of drug-likeness (QED) is 0.187. The molecule has 2 saturated heterocycles. The topological polar surface area (TPSA) is 239 Å². The van der Waals surface area contributed by atoms with E-state index in [4.69, 9.17) is 24.7 Å². The zero-order valence-corrected chi connectivity index (χ0v) is 19.9. The van der Waals surface area contributed by atoms with Crippen LogP contribution < -0.4 is 17.0 Å². The van der Waals surface area contributed by atoms with Crippen LogP contribution in [0.1, 0.15) is 18.9 Å². The molecule has 17 heteroatoms. The van der Waals surface area contributed by atoms with Gasteiger partial charge >= 0.3 is 11.7 Å². The molecule has 8 atom stereocenters. The summed E-state index contributed by atoms with van der Waals surface area (Å²) < 4.78 is 24.8. The maximum absolute atomic E-state index is 13.0. The number of aromatic amines is 1. The Morgan fingerprint density at radius 3 is 2.58 bits per heavy atom. The van der Waals surface area contributed by atoms with Crippen LogP contribution in [0, 0.1) is 0 Å². The van der Waals surface area contributed by atoms with E-state index in [0.29, 0.717) is 0 Å². The molecule has 0 aliphatic carbocycles. The number of aliphatic hydroxyl groups excluding tert-OH is 3. The number of H-pyrrole nitrogens is 1. The molecule has 204 valence electrons. The van der Waals surface area contributed by atoms with Crippen molar-refractivity contribution in [2.24, 2.45) is 0 Å². The number of carbonyl (C=O) groups excluding carboxylic acids is 1. The van der Waals surface area contributed by atoms with Crippen molar-refractivity contribution in [1.82, 2.24) is 29.1 Å². The van der Waals surface area contributed by atoms with Crippen molar-refractivity contribution in [1.29, 1.82) is 0 Å². The average molecular weight is 535 g/mol. The van der Waals surface area contributed by atoms with Gasteiger partial charge in [-0.25, -0.2) is 19.7 Å². The second kappa shape index (κ2) is 10.2. The molecule has 5 heterocycles. The van der Waals surface area contributed by atoms with Gasteiger partial charge in [0, 0.05) is 19.4 Å². The number of rotatable bonds is 7. The van der Waals surface area contributed by atoms with E-state index in [1.54, 1.807) is 0 Å². The minimum absolute atomic E-state index is 0.116. The van der Waals surface area contributed by atoms with Crippen molar-refractivity contribution in [3.8, 4) is 0 Å². The number of aromatic nitrogens is 6. The summed E-state index contributed by atoms with van der Waals surface area (Å²) in [5, 5.41) is 30.9. The fraction of sp³-hybridized carbons (Fsp3) is 0.524. The number of esters is 1. The molecule has 3 aromatic heterocycles. The Hall–Kier alpha value is -3.74. The summed E-state index contributed by atoms with van der Waals surface area (Å²) in [6.07, 6.45) is -6.45. The van der Waals surface area contributed by atoms with Crippen molar-refractivity contribution in [2.75, 3.05) is 19.5 Å². The second-order valence-corrected chi connectivity index (χ2v) is 8.75. The highest BCUT2D eigenvalue weighted by Gasteiger charge is 2.50. The van der Waals surface area contributed by atoms with E-state index < -0.39 is 79.3 Å². The van der Waals surface area contributed by atoms with E-state index in [1.165, 1.54) is 24.3 Å². The summed E-state index contributed by atoms with van der Waals surface area (Å²) >= 11 is 0. The Kier molecular flexibility index (Phi) is 6.95. The number of nitrogen functional groups attached to an aromatic ring is 1. The molecule has 0 amide bonds. The summed E-state index contributed by atoms with van der Waals surface area (Å²) in [6, 6.07) is 1.08. The van der Waals surface area contributed by atoms with Crippen LogP contribution in [0.4, 0.5) is 5.82 Å². The molecule has 5 rings (SSSR count). The van der Waals surface area contributed by atoms with E-state index in [-0.39, 0.29) is 17.0 Å². The van der Waals surface area contributed by atoms with Gasteiger partial charge in [0.1, 0.15) is 36.3 Å². The average Bonchev–Trinajstić information content (AvgIpc) is 3.55. The number of nitrogens with one attached hydrogen (secondary N) is 1. The van der Waals surface area contributed by atoms with Crippen LogP contribution in [0.3, 0.4) is 0 Å². The second-order valence-electron chi connectivity index (χ2n) is 8.75. The zero-order chi connectivity index (χ0) is 27.1. The van der Waals surface area contributed by atoms with Gasteiger partial charge in [0.15, 0.2) is 30.0 Å². The first-order chi connectivity index (χ1) is 18.2. The van der Waals surface area contributed by atoms with Crippen molar-refractivity contribution in [3.63, 3.8) is 0 Å². The first-order valence-electron chi connectivity index (χ1n) is 11.5. The number of anilines is 1. The molecule has 0 spiro atoms. The Bertz CT molecular complexity index is 1440. The van der Waals surface area contributed by atoms with E-state index >= 15 is 0 Å². The monoisotopic (exact) mass is 535 g/mol.